The van der Waals surface area contributed by atoms with Gasteiger partial charge in [0.1, 0.15) is 47.1 Å². The van der Waals surface area contributed by atoms with Crippen LogP contribution < -0.4 is 0 Å². The third-order valence-corrected chi connectivity index (χ3v) is 30.4. The lowest BCUT2D eigenvalue weighted by Gasteiger charge is -2.59. The van der Waals surface area contributed by atoms with Crippen molar-refractivity contribution in [2.24, 2.45) is 91.7 Å². The highest BCUT2D eigenvalue weighted by molar-refractivity contribution is 5.81. The van der Waals surface area contributed by atoms with E-state index in [2.05, 4.69) is 52.0 Å². The molecular formula is C104H158O20. The van der Waals surface area contributed by atoms with Crippen LogP contribution in [0.2, 0.25) is 0 Å². The van der Waals surface area contributed by atoms with Crippen LogP contribution in [0.25, 0.3) is 0 Å². The number of hydrogen-bond acceptors (Lipinski definition) is 20. The number of aliphatic hydroxyl groups is 2. The summed E-state index contributed by atoms with van der Waals surface area (Å²) in [7, 11) is 0. The molecular weight excluding hydrogens is 1570 g/mol. The van der Waals surface area contributed by atoms with Gasteiger partial charge in [-0.2, -0.15) is 0 Å². The summed E-state index contributed by atoms with van der Waals surface area (Å²) >= 11 is 0. The average Bonchev–Trinajstić information content (AvgIpc) is 1.46. The Morgan fingerprint density at radius 2 is 0.766 bits per heavy atom. The van der Waals surface area contributed by atoms with E-state index in [9.17, 15) is 48.6 Å². The van der Waals surface area contributed by atoms with Crippen molar-refractivity contribution in [1.29, 1.82) is 0 Å². The van der Waals surface area contributed by atoms with Crippen LogP contribution in [0.3, 0.4) is 0 Å². The lowest BCUT2D eigenvalue weighted by molar-refractivity contribution is -0.226. The van der Waals surface area contributed by atoms with Gasteiger partial charge in [0.05, 0.1) is 55.5 Å². The van der Waals surface area contributed by atoms with Gasteiger partial charge in [-0.1, -0.05) is 112 Å². The molecule has 0 aromatic heterocycles. The molecule has 17 atom stereocenters. The van der Waals surface area contributed by atoms with Crippen molar-refractivity contribution in [2.75, 3.05) is 0 Å². The molecule has 0 spiro atoms. The van der Waals surface area contributed by atoms with Crippen LogP contribution in [0.5, 0.6) is 11.5 Å². The van der Waals surface area contributed by atoms with Crippen molar-refractivity contribution in [3.8, 4) is 35.7 Å². The average molecular weight is 1730 g/mol. The summed E-state index contributed by atoms with van der Waals surface area (Å²) in [5.74, 6) is 12.4. The third kappa shape index (κ3) is 25.5. The number of carbonyl (C=O) groups excluding carboxylic acids is 8. The van der Waals surface area contributed by atoms with Gasteiger partial charge in [0.2, 0.25) is 0 Å². The Kier molecular flexibility index (Phi) is 34.2. The molecule has 694 valence electrons. The van der Waals surface area contributed by atoms with Gasteiger partial charge in [0, 0.05) is 36.5 Å². The number of hydrogen-bond donors (Lipinski definition) is 4. The van der Waals surface area contributed by atoms with Crippen molar-refractivity contribution in [3.05, 3.63) is 72.3 Å². The van der Waals surface area contributed by atoms with Crippen molar-refractivity contribution >= 4 is 47.8 Å². The lowest BCUT2D eigenvalue weighted by Crippen LogP contribution is -2.61. The summed E-state index contributed by atoms with van der Waals surface area (Å²) in [5.41, 5.74) is -3.57. The minimum atomic E-state index is -0.877. The highest BCUT2D eigenvalue weighted by Crippen LogP contribution is 2.62. The van der Waals surface area contributed by atoms with Crippen molar-refractivity contribution in [1.82, 2.24) is 0 Å². The second-order valence-corrected chi connectivity index (χ2v) is 43.4. The number of carbonyl (C=O) groups is 8. The molecule has 12 saturated carbocycles. The first-order chi connectivity index (χ1) is 57.4. The highest BCUT2D eigenvalue weighted by atomic mass is 16.6. The van der Waals surface area contributed by atoms with Gasteiger partial charge in [-0.25, -0.2) is 0 Å². The van der Waals surface area contributed by atoms with E-state index < -0.39 is 54.9 Å². The molecule has 2 heterocycles. The summed E-state index contributed by atoms with van der Waals surface area (Å²) < 4.78 is 44.6. The fourth-order valence-electron chi connectivity index (χ4n) is 19.9. The lowest BCUT2D eigenvalue weighted by atomic mass is 9.52. The molecule has 16 rings (SSSR count). The fourth-order valence-corrected chi connectivity index (χ4v) is 19.9. The minimum absolute atomic E-state index is 0.0779. The molecule has 12 bridgehead atoms. The van der Waals surface area contributed by atoms with Crippen LogP contribution in [0.1, 0.15) is 357 Å². The summed E-state index contributed by atoms with van der Waals surface area (Å²) in [6, 6.07) is 14.9. The first kappa shape index (κ1) is 104. The van der Waals surface area contributed by atoms with Crippen molar-refractivity contribution < 1.29 is 96.7 Å². The van der Waals surface area contributed by atoms with Gasteiger partial charge in [-0.15, -0.1) is 12.3 Å². The molecule has 2 aromatic carbocycles. The number of phenols is 2. The molecule has 12 aliphatic carbocycles. The number of ether oxygens (including phenoxy) is 8. The third-order valence-electron chi connectivity index (χ3n) is 30.4. The smallest absolute Gasteiger partial charge is 0.313 e. The van der Waals surface area contributed by atoms with E-state index in [1.54, 1.807) is 58.0 Å². The summed E-state index contributed by atoms with van der Waals surface area (Å²) in [6.45, 7) is 53.9. The predicted molar refractivity (Wildman–Crippen MR) is 481 cm³/mol. The van der Waals surface area contributed by atoms with E-state index >= 15 is 0 Å². The maximum absolute atomic E-state index is 12.4. The number of benzene rings is 2. The van der Waals surface area contributed by atoms with Gasteiger partial charge in [-0.3, -0.25) is 38.4 Å². The van der Waals surface area contributed by atoms with Gasteiger partial charge >= 0.3 is 47.8 Å². The standard InChI is InChI=1S/2C16H26O3.2C14H20O4.C13H20O2.C11H18O2.2C10H14O/c2*1-4-14(2,3)13(17)19-16-8-11-5-12(9-16)7-15(18,6-11)10-16;2*1-4-14(2,3)13(16)18-10-7-5-8-9(6-7)12(15)17-11(8)10;1-7-10-13(6,9-3)15-11(14)12(4,5)8-2;1-7-10(3,4)9(12)13-11(5,6)8-2;2*1-3-8(2)9-4-6-10(11)7-5-9/h2*11-12,18H,4-10H2,1-3H3;2*7-11H,4-6H2,1-3H3;9H,3,8H2,1-2,4-6H3;2H,7H2,1,3-6H3;2*4-8,11H,3H2,1-2H3. The quantitative estimate of drug-likeness (QED) is 0.0348. The second kappa shape index (κ2) is 40.9. The molecule has 2 aromatic rings. The van der Waals surface area contributed by atoms with Crippen LogP contribution in [-0.2, 0) is 76.3 Å². The fraction of sp³-hybridized carbons (Fsp3) is 0.750. The molecule has 14 aliphatic rings. The topological polar surface area (TPSA) is 291 Å². The maximum Gasteiger partial charge on any atom is 0.313 e. The number of aromatic hydroxyl groups is 2. The number of phenolic OH excluding ortho intramolecular Hbond substituents is 2. The van der Waals surface area contributed by atoms with Gasteiger partial charge < -0.3 is 58.3 Å². The molecule has 2 saturated heterocycles. The Balaban J connectivity index is 0.000000196. The number of esters is 8. The van der Waals surface area contributed by atoms with Gasteiger partial charge in [0.25, 0.3) is 0 Å². The maximum atomic E-state index is 12.4. The molecule has 0 radical (unpaired) electrons. The summed E-state index contributed by atoms with van der Waals surface area (Å²) in [6.07, 6.45) is 27.8. The van der Waals surface area contributed by atoms with E-state index in [-0.39, 0.29) is 95.2 Å². The van der Waals surface area contributed by atoms with E-state index in [0.717, 1.165) is 128 Å². The molecule has 14 fully saturated rings. The molecule has 17 unspecified atom stereocenters. The predicted octanol–water partition coefficient (Wildman–Crippen LogP) is 21.1. The molecule has 4 N–H and O–H groups in total. The van der Waals surface area contributed by atoms with E-state index in [4.69, 9.17) is 54.5 Å². The normalized spacial score (nSPS) is 30.8. The number of fused-ring (bicyclic) bond motifs is 2. The zero-order chi connectivity index (χ0) is 93.3. The van der Waals surface area contributed by atoms with Crippen molar-refractivity contribution in [3.63, 3.8) is 0 Å². The van der Waals surface area contributed by atoms with Crippen LogP contribution in [0.4, 0.5) is 0 Å². The van der Waals surface area contributed by atoms with Crippen LogP contribution in [0, 0.1) is 116 Å². The Bertz CT molecular complexity index is 3890. The Labute approximate surface area is 744 Å². The first-order valence-electron chi connectivity index (χ1n) is 46.8. The minimum Gasteiger partial charge on any atom is -0.508 e. The zero-order valence-corrected chi connectivity index (χ0v) is 80.5. The van der Waals surface area contributed by atoms with E-state index in [1.165, 1.54) is 24.0 Å². The monoisotopic (exact) mass is 1730 g/mol. The largest absolute Gasteiger partial charge is 0.508 e. The van der Waals surface area contributed by atoms with Gasteiger partial charge in [0.15, 0.2) is 11.2 Å². The van der Waals surface area contributed by atoms with E-state index in [0.29, 0.717) is 83.5 Å². The highest BCUT2D eigenvalue weighted by Gasteiger charge is 2.66. The Hall–Kier alpha value is -7.42. The Morgan fingerprint density at radius 3 is 1.04 bits per heavy atom. The van der Waals surface area contributed by atoms with Gasteiger partial charge in [-0.05, 0) is 329 Å². The molecule has 2 aliphatic heterocycles. The number of rotatable bonds is 23. The zero-order valence-electron chi connectivity index (χ0n) is 80.5. The SMILES string of the molecule is C#CC(C)(C)OC(=O)C(C)(C)CC.C=CC(C)(C#CC)OC(=O)C(C)(C)CC.CCC(C)(C)C(=O)OC12CC3CC(CC(O)(C3)C1)C2.CCC(C)(C)C(=O)OC12CC3CC(CC(O)(C3)C1)C2.CCC(C)(C)C(=O)OC1C2CC3C(=O)OC1C3C2.CCC(C)(C)C(=O)OC1C2CC3C(=O)OC1C3C2.CCC(C)c1ccc(O)cc1.CCC(C)c1ccc(O)cc1. The Morgan fingerprint density at radius 1 is 0.468 bits per heavy atom. The molecule has 20 heteroatoms. The summed E-state index contributed by atoms with van der Waals surface area (Å²) in [5, 5.41) is 39.3. The van der Waals surface area contributed by atoms with Crippen molar-refractivity contribution in [2.45, 2.75) is 404 Å². The summed E-state index contributed by atoms with van der Waals surface area (Å²) in [4.78, 5) is 95.6. The van der Waals surface area contributed by atoms with E-state index in [1.807, 2.05) is 149 Å². The van der Waals surface area contributed by atoms with Crippen LogP contribution in [0.15, 0.2) is 61.2 Å². The molecule has 0 amide bonds. The van der Waals surface area contributed by atoms with Crippen LogP contribution in [-0.4, -0.2) is 126 Å². The number of terminal acetylenes is 1. The molecule has 20 nitrogen and oxygen atoms in total. The van der Waals surface area contributed by atoms with Crippen LogP contribution >= 0.6 is 0 Å². The molecule has 124 heavy (non-hydrogen) atoms. The first-order valence-corrected chi connectivity index (χ1v) is 46.8. The second-order valence-electron chi connectivity index (χ2n) is 43.4.